The molecule has 3 fully saturated rings. The van der Waals surface area contributed by atoms with Crippen molar-refractivity contribution in [3.63, 3.8) is 0 Å². The maximum absolute atomic E-state index is 13.5. The molecule has 230 valence electrons. The normalized spacial score (nSPS) is 22.9. The fraction of sp³-hybridized carbons (Fsp3) is 0.667. The molecule has 1 aromatic carbocycles. The van der Waals surface area contributed by atoms with Gasteiger partial charge in [0.15, 0.2) is 0 Å². The number of amides is 1. The Labute approximate surface area is 228 Å². The number of benzene rings is 1. The average Bonchev–Trinajstić information content (AvgIpc) is 3.39. The van der Waals surface area contributed by atoms with Crippen LogP contribution in [0.2, 0.25) is 0 Å². The van der Waals surface area contributed by atoms with Crippen molar-refractivity contribution in [3.8, 4) is 0 Å². The van der Waals surface area contributed by atoms with Gasteiger partial charge in [-0.2, -0.15) is 39.5 Å². The summed E-state index contributed by atoms with van der Waals surface area (Å²) in [7, 11) is 0. The number of carboxylic acid groups (broad SMARTS) is 1. The van der Waals surface area contributed by atoms with Crippen molar-refractivity contribution in [2.24, 2.45) is 11.8 Å². The quantitative estimate of drug-likeness (QED) is 0.493. The predicted molar refractivity (Wildman–Crippen MR) is 124 cm³/mol. The van der Waals surface area contributed by atoms with E-state index in [1.807, 2.05) is 4.90 Å². The molecule has 1 amide bonds. The minimum atomic E-state index is -5.84. The van der Waals surface area contributed by atoms with Crippen molar-refractivity contribution in [3.05, 3.63) is 29.3 Å². The molecule has 8 nitrogen and oxygen atoms in total. The van der Waals surface area contributed by atoms with Crippen LogP contribution in [0.25, 0.3) is 0 Å². The molecule has 2 unspecified atom stereocenters. The Bertz CT molecular complexity index is 1090. The minimum Gasteiger partial charge on any atom is -0.480 e. The molecule has 0 aromatic heterocycles. The van der Waals surface area contributed by atoms with Crippen LogP contribution >= 0.6 is 0 Å². The molecule has 3 saturated heterocycles. The van der Waals surface area contributed by atoms with Gasteiger partial charge in [-0.3, -0.25) is 14.6 Å². The zero-order valence-electron chi connectivity index (χ0n) is 21.4. The number of anilines is 1. The van der Waals surface area contributed by atoms with Gasteiger partial charge in [-0.1, -0.05) is 6.07 Å². The summed E-state index contributed by atoms with van der Waals surface area (Å²) in [5.41, 5.74) is 0.0295. The van der Waals surface area contributed by atoms with Gasteiger partial charge in [-0.25, -0.2) is 4.79 Å². The lowest BCUT2D eigenvalue weighted by atomic mass is 10.0. The van der Waals surface area contributed by atoms with Gasteiger partial charge in [0, 0.05) is 64.6 Å². The molecule has 1 aromatic rings. The van der Waals surface area contributed by atoms with Crippen LogP contribution in [0.5, 0.6) is 0 Å². The predicted octanol–water partition coefficient (Wildman–Crippen LogP) is 3.91. The van der Waals surface area contributed by atoms with E-state index in [2.05, 4.69) is 4.74 Å². The van der Waals surface area contributed by atoms with E-state index in [9.17, 15) is 49.1 Å². The highest BCUT2D eigenvalue weighted by molar-refractivity contribution is 5.69. The van der Waals surface area contributed by atoms with E-state index in [1.54, 1.807) is 9.80 Å². The van der Waals surface area contributed by atoms with Crippen molar-refractivity contribution < 1.29 is 58.9 Å². The first-order chi connectivity index (χ1) is 18.9. The summed E-state index contributed by atoms with van der Waals surface area (Å²) in [6, 6.07) is 3.32. The number of rotatable bonds is 6. The van der Waals surface area contributed by atoms with Gasteiger partial charge >= 0.3 is 30.6 Å². The third kappa shape index (κ3) is 7.47. The van der Waals surface area contributed by atoms with E-state index >= 15 is 0 Å². The number of alkyl halides is 9. The molecule has 2 atom stereocenters. The van der Waals surface area contributed by atoms with Crippen LogP contribution in [0.3, 0.4) is 0 Å². The van der Waals surface area contributed by atoms with Gasteiger partial charge in [0.25, 0.3) is 6.10 Å². The first-order valence-corrected chi connectivity index (χ1v) is 12.6. The third-order valence-electron chi connectivity index (χ3n) is 7.51. The average molecular weight is 606 g/mol. The lowest BCUT2D eigenvalue weighted by Gasteiger charge is -2.36. The van der Waals surface area contributed by atoms with Crippen LogP contribution in [-0.4, -0.2) is 109 Å². The SMILES string of the molecule is O=C(O)CN1CC2CN(c3cc(C(F)(F)F)ccc3CN3CCN(C(=O)OC(C(F)(F)F)C(F)(F)F)CC3)CC2C1. The Hall–Kier alpha value is -2.95. The molecule has 3 heterocycles. The number of hydrogen-bond acceptors (Lipinski definition) is 6. The fourth-order valence-corrected chi connectivity index (χ4v) is 5.60. The fourth-order valence-electron chi connectivity index (χ4n) is 5.60. The largest absolute Gasteiger partial charge is 0.480 e. The summed E-state index contributed by atoms with van der Waals surface area (Å²) in [6.07, 6.45) is -22.3. The molecule has 41 heavy (non-hydrogen) atoms. The van der Waals surface area contributed by atoms with Gasteiger partial charge in [0.1, 0.15) is 0 Å². The zero-order chi connectivity index (χ0) is 30.3. The highest BCUT2D eigenvalue weighted by Gasteiger charge is 2.60. The van der Waals surface area contributed by atoms with E-state index in [-0.39, 0.29) is 51.1 Å². The number of carboxylic acids is 1. The zero-order valence-corrected chi connectivity index (χ0v) is 21.4. The Morgan fingerprint density at radius 3 is 1.90 bits per heavy atom. The van der Waals surface area contributed by atoms with Crippen molar-refractivity contribution in [2.75, 3.05) is 63.8 Å². The molecule has 17 heteroatoms. The first-order valence-electron chi connectivity index (χ1n) is 12.6. The maximum atomic E-state index is 13.5. The van der Waals surface area contributed by atoms with Crippen LogP contribution in [-0.2, 0) is 22.3 Å². The lowest BCUT2D eigenvalue weighted by Crippen LogP contribution is -2.52. The summed E-state index contributed by atoms with van der Waals surface area (Å²) in [6.45, 7) is 1.45. The third-order valence-corrected chi connectivity index (χ3v) is 7.51. The van der Waals surface area contributed by atoms with Crippen LogP contribution < -0.4 is 4.90 Å². The summed E-state index contributed by atoms with van der Waals surface area (Å²) < 4.78 is 121. The number of carbonyl (C=O) groups is 2. The number of nitrogens with zero attached hydrogens (tertiary/aromatic N) is 4. The Morgan fingerprint density at radius 1 is 0.854 bits per heavy atom. The van der Waals surface area contributed by atoms with Crippen LogP contribution in [0.15, 0.2) is 18.2 Å². The second kappa shape index (κ2) is 11.4. The number of fused-ring (bicyclic) bond motifs is 1. The molecule has 1 N–H and O–H groups in total. The standard InChI is InChI=1S/C24H27F9N4O4/c25-22(26,27)17-2-1-14(18(7-17)37-11-15-9-35(13-19(38)39)10-16(15)12-37)8-34-3-5-36(6-4-34)21(40)41-20(23(28,29)30)24(31,32)33/h1-2,7,15-16,20H,3-6,8-13H2,(H,38,39). The van der Waals surface area contributed by atoms with Crippen molar-refractivity contribution >= 4 is 17.7 Å². The van der Waals surface area contributed by atoms with Crippen molar-refractivity contribution in [2.45, 2.75) is 31.2 Å². The smallest absolute Gasteiger partial charge is 0.434 e. The summed E-state index contributed by atoms with van der Waals surface area (Å²) in [5.74, 6) is -0.817. The Balaban J connectivity index is 1.41. The minimum absolute atomic E-state index is 0.0354. The van der Waals surface area contributed by atoms with Gasteiger partial charge in [0.05, 0.1) is 12.1 Å². The number of hydrogen-bond donors (Lipinski definition) is 1. The molecule has 3 aliphatic heterocycles. The number of ether oxygens (including phenoxy) is 1. The Kier molecular flexibility index (Phi) is 8.60. The van der Waals surface area contributed by atoms with Crippen LogP contribution in [0.4, 0.5) is 50.0 Å². The van der Waals surface area contributed by atoms with Crippen molar-refractivity contribution in [1.29, 1.82) is 0 Å². The monoisotopic (exact) mass is 606 g/mol. The van der Waals surface area contributed by atoms with Gasteiger partial charge < -0.3 is 19.6 Å². The lowest BCUT2D eigenvalue weighted by molar-refractivity contribution is -0.308. The second-order valence-electron chi connectivity index (χ2n) is 10.5. The second-order valence-corrected chi connectivity index (χ2v) is 10.5. The van der Waals surface area contributed by atoms with Gasteiger partial charge in [-0.15, -0.1) is 0 Å². The molecule has 0 aliphatic carbocycles. The number of piperazine rings is 1. The number of aliphatic carboxylic acids is 1. The summed E-state index contributed by atoms with van der Waals surface area (Å²) in [5, 5.41) is 9.03. The van der Waals surface area contributed by atoms with Gasteiger partial charge in [0.2, 0.25) is 0 Å². The molecule has 0 saturated carbocycles. The molecule has 0 spiro atoms. The highest BCUT2D eigenvalue weighted by atomic mass is 19.4. The highest BCUT2D eigenvalue weighted by Crippen LogP contribution is 2.39. The number of likely N-dealkylation sites (tertiary alicyclic amines) is 1. The molecular weight excluding hydrogens is 579 g/mol. The van der Waals surface area contributed by atoms with E-state index < -0.39 is 42.3 Å². The number of carbonyl (C=O) groups excluding carboxylic acids is 1. The van der Waals surface area contributed by atoms with E-state index in [0.717, 1.165) is 17.0 Å². The van der Waals surface area contributed by atoms with E-state index in [0.29, 0.717) is 37.4 Å². The molecule has 0 radical (unpaired) electrons. The number of halogens is 9. The summed E-state index contributed by atoms with van der Waals surface area (Å²) >= 11 is 0. The first kappa shape index (κ1) is 31.0. The van der Waals surface area contributed by atoms with Crippen LogP contribution in [0.1, 0.15) is 11.1 Å². The molecular formula is C24H27F9N4O4. The maximum Gasteiger partial charge on any atom is 0.434 e. The molecule has 3 aliphatic rings. The molecule has 4 rings (SSSR count). The summed E-state index contributed by atoms with van der Waals surface area (Å²) in [4.78, 5) is 29.1. The van der Waals surface area contributed by atoms with Crippen molar-refractivity contribution in [1.82, 2.24) is 14.7 Å². The van der Waals surface area contributed by atoms with E-state index in [4.69, 9.17) is 5.11 Å². The van der Waals surface area contributed by atoms with Crippen LogP contribution in [0, 0.1) is 11.8 Å². The molecule has 0 bridgehead atoms. The van der Waals surface area contributed by atoms with E-state index in [1.165, 1.54) is 6.07 Å². The topological polar surface area (TPSA) is 76.6 Å². The Morgan fingerprint density at radius 2 is 1.41 bits per heavy atom. The van der Waals surface area contributed by atoms with Gasteiger partial charge in [-0.05, 0) is 29.5 Å².